The number of rotatable bonds is 5. The normalized spacial score (nSPS) is 15.2. The standard InChI is InChI=1S/C17H20N4O2S/c22-15(12-24-17-18-8-9-19-17)21-10-6-14(7-11-21)20-16(23)13-4-2-1-3-5-13/h1-5,8-9,14H,6-7,10-12H2,(H,18,19)(H,20,23). The Morgan fingerprint density at radius 3 is 2.67 bits per heavy atom. The first-order valence-electron chi connectivity index (χ1n) is 7.98. The lowest BCUT2D eigenvalue weighted by atomic mass is 10.0. The van der Waals surface area contributed by atoms with Crippen molar-refractivity contribution in [3.63, 3.8) is 0 Å². The second-order valence-corrected chi connectivity index (χ2v) is 6.64. The van der Waals surface area contributed by atoms with Crippen LogP contribution in [0.25, 0.3) is 0 Å². The van der Waals surface area contributed by atoms with Crippen molar-refractivity contribution in [2.24, 2.45) is 0 Å². The molecule has 2 amide bonds. The number of imidazole rings is 1. The molecule has 1 aliphatic rings. The molecule has 0 radical (unpaired) electrons. The fourth-order valence-electron chi connectivity index (χ4n) is 2.68. The summed E-state index contributed by atoms with van der Waals surface area (Å²) in [5.41, 5.74) is 0.672. The van der Waals surface area contributed by atoms with Crippen LogP contribution in [0.2, 0.25) is 0 Å². The second-order valence-electron chi connectivity index (χ2n) is 5.68. The van der Waals surface area contributed by atoms with Gasteiger partial charge < -0.3 is 15.2 Å². The van der Waals surface area contributed by atoms with Crippen molar-refractivity contribution in [2.45, 2.75) is 24.0 Å². The minimum atomic E-state index is -0.0475. The molecule has 1 saturated heterocycles. The lowest BCUT2D eigenvalue weighted by Crippen LogP contribution is -2.47. The van der Waals surface area contributed by atoms with Crippen molar-refractivity contribution in [3.8, 4) is 0 Å². The van der Waals surface area contributed by atoms with Crippen molar-refractivity contribution < 1.29 is 9.59 Å². The molecule has 7 heteroatoms. The van der Waals surface area contributed by atoms with Crippen LogP contribution >= 0.6 is 11.8 Å². The summed E-state index contributed by atoms with van der Waals surface area (Å²) >= 11 is 1.41. The number of hydrogen-bond acceptors (Lipinski definition) is 4. The number of nitrogens with one attached hydrogen (secondary N) is 2. The van der Waals surface area contributed by atoms with Gasteiger partial charge in [0.15, 0.2) is 5.16 Å². The quantitative estimate of drug-likeness (QED) is 0.813. The lowest BCUT2D eigenvalue weighted by molar-refractivity contribution is -0.129. The number of thioether (sulfide) groups is 1. The highest BCUT2D eigenvalue weighted by molar-refractivity contribution is 7.99. The molecule has 0 spiro atoms. The van der Waals surface area contributed by atoms with E-state index in [0.717, 1.165) is 18.0 Å². The van der Waals surface area contributed by atoms with Gasteiger partial charge in [-0.1, -0.05) is 30.0 Å². The highest BCUT2D eigenvalue weighted by atomic mass is 32.2. The van der Waals surface area contributed by atoms with Crippen molar-refractivity contribution in [3.05, 3.63) is 48.3 Å². The first-order chi connectivity index (χ1) is 11.7. The van der Waals surface area contributed by atoms with E-state index in [2.05, 4.69) is 15.3 Å². The summed E-state index contributed by atoms with van der Waals surface area (Å²) in [6.45, 7) is 1.36. The molecule has 24 heavy (non-hydrogen) atoms. The first kappa shape index (κ1) is 16.6. The molecule has 1 aromatic carbocycles. The van der Waals surface area contributed by atoms with Crippen LogP contribution in [-0.4, -0.2) is 51.6 Å². The molecule has 1 aromatic heterocycles. The van der Waals surface area contributed by atoms with Crippen molar-refractivity contribution in [2.75, 3.05) is 18.8 Å². The average molecular weight is 344 g/mol. The van der Waals surface area contributed by atoms with Crippen LogP contribution in [0.4, 0.5) is 0 Å². The number of carbonyl (C=O) groups is 2. The zero-order chi connectivity index (χ0) is 16.8. The van der Waals surface area contributed by atoms with Crippen molar-refractivity contribution in [1.82, 2.24) is 20.2 Å². The Morgan fingerprint density at radius 1 is 1.25 bits per heavy atom. The van der Waals surface area contributed by atoms with Crippen LogP contribution in [0.1, 0.15) is 23.2 Å². The van der Waals surface area contributed by atoms with Crippen molar-refractivity contribution >= 4 is 23.6 Å². The topological polar surface area (TPSA) is 78.1 Å². The number of likely N-dealkylation sites (tertiary alicyclic amines) is 1. The second kappa shape index (κ2) is 8.01. The molecule has 6 nitrogen and oxygen atoms in total. The summed E-state index contributed by atoms with van der Waals surface area (Å²) < 4.78 is 0. The van der Waals surface area contributed by atoms with Gasteiger partial charge >= 0.3 is 0 Å². The first-order valence-corrected chi connectivity index (χ1v) is 8.97. The van der Waals surface area contributed by atoms with Gasteiger partial charge in [0, 0.05) is 37.1 Å². The molecule has 0 unspecified atom stereocenters. The monoisotopic (exact) mass is 344 g/mol. The molecule has 126 valence electrons. The van der Waals surface area contributed by atoms with Crippen LogP contribution < -0.4 is 5.32 Å². The van der Waals surface area contributed by atoms with Gasteiger partial charge in [-0.2, -0.15) is 0 Å². The minimum absolute atomic E-state index is 0.0475. The summed E-state index contributed by atoms with van der Waals surface area (Å²) in [4.78, 5) is 33.3. The largest absolute Gasteiger partial charge is 0.349 e. The van der Waals surface area contributed by atoms with E-state index >= 15 is 0 Å². The van der Waals surface area contributed by atoms with E-state index in [4.69, 9.17) is 0 Å². The highest BCUT2D eigenvalue weighted by Crippen LogP contribution is 2.16. The number of aromatic nitrogens is 2. The van der Waals surface area contributed by atoms with Crippen LogP contribution in [-0.2, 0) is 4.79 Å². The van der Waals surface area contributed by atoms with Crippen LogP contribution in [0.3, 0.4) is 0 Å². The SMILES string of the molecule is O=C(NC1CCN(C(=O)CSc2ncc[nH]2)CC1)c1ccccc1. The maximum absolute atomic E-state index is 12.2. The molecule has 1 aliphatic heterocycles. The summed E-state index contributed by atoms with van der Waals surface area (Å²) in [7, 11) is 0. The number of hydrogen-bond donors (Lipinski definition) is 2. The fourth-order valence-corrected chi connectivity index (χ4v) is 3.41. The maximum Gasteiger partial charge on any atom is 0.251 e. The van der Waals surface area contributed by atoms with Gasteiger partial charge in [0.25, 0.3) is 5.91 Å². The predicted molar refractivity (Wildman–Crippen MR) is 92.8 cm³/mol. The van der Waals surface area contributed by atoms with Gasteiger partial charge in [-0.15, -0.1) is 0 Å². The Balaban J connectivity index is 1.42. The Bertz CT molecular complexity index is 667. The summed E-state index contributed by atoms with van der Waals surface area (Å²) in [6.07, 6.45) is 4.99. The molecule has 2 aromatic rings. The maximum atomic E-state index is 12.2. The minimum Gasteiger partial charge on any atom is -0.349 e. The Labute approximate surface area is 145 Å². The molecule has 0 aliphatic carbocycles. The van der Waals surface area contributed by atoms with E-state index in [1.165, 1.54) is 11.8 Å². The van der Waals surface area contributed by atoms with Gasteiger partial charge in [0.05, 0.1) is 5.75 Å². The predicted octanol–water partition coefficient (Wildman–Crippen LogP) is 1.92. The van der Waals surface area contributed by atoms with E-state index in [1.807, 2.05) is 23.1 Å². The number of H-pyrrole nitrogens is 1. The van der Waals surface area contributed by atoms with Gasteiger partial charge in [-0.05, 0) is 25.0 Å². The molecule has 3 rings (SSSR count). The Kier molecular flexibility index (Phi) is 5.53. The van der Waals surface area contributed by atoms with Gasteiger partial charge in [-0.25, -0.2) is 4.98 Å². The molecular weight excluding hydrogens is 324 g/mol. The number of carbonyl (C=O) groups excluding carboxylic acids is 2. The third-order valence-corrected chi connectivity index (χ3v) is 4.91. The van der Waals surface area contributed by atoms with Gasteiger partial charge in [0.1, 0.15) is 0 Å². The number of piperidine rings is 1. The van der Waals surface area contributed by atoms with E-state index in [-0.39, 0.29) is 17.9 Å². The van der Waals surface area contributed by atoms with Crippen LogP contribution in [0.5, 0.6) is 0 Å². The van der Waals surface area contributed by atoms with Crippen LogP contribution in [0.15, 0.2) is 47.9 Å². The van der Waals surface area contributed by atoms with Gasteiger partial charge in [-0.3, -0.25) is 9.59 Å². The third kappa shape index (κ3) is 4.38. The smallest absolute Gasteiger partial charge is 0.251 e. The fraction of sp³-hybridized carbons (Fsp3) is 0.353. The van der Waals surface area contributed by atoms with E-state index in [1.54, 1.807) is 24.5 Å². The van der Waals surface area contributed by atoms with Gasteiger partial charge in [0.2, 0.25) is 5.91 Å². The average Bonchev–Trinajstić information content (AvgIpc) is 3.14. The van der Waals surface area contributed by atoms with Crippen molar-refractivity contribution in [1.29, 1.82) is 0 Å². The summed E-state index contributed by atoms with van der Waals surface area (Å²) in [5.74, 6) is 0.451. The van der Waals surface area contributed by atoms with E-state index in [9.17, 15) is 9.59 Å². The lowest BCUT2D eigenvalue weighted by Gasteiger charge is -2.32. The Hall–Kier alpha value is -2.28. The van der Waals surface area contributed by atoms with E-state index in [0.29, 0.717) is 24.4 Å². The molecule has 0 bridgehead atoms. The zero-order valence-corrected chi connectivity index (χ0v) is 14.1. The highest BCUT2D eigenvalue weighted by Gasteiger charge is 2.24. The zero-order valence-electron chi connectivity index (χ0n) is 13.3. The Morgan fingerprint density at radius 2 is 2.00 bits per heavy atom. The summed E-state index contributed by atoms with van der Waals surface area (Å²) in [5, 5.41) is 3.81. The number of aromatic amines is 1. The molecule has 2 N–H and O–H groups in total. The summed E-state index contributed by atoms with van der Waals surface area (Å²) in [6, 6.07) is 9.33. The molecule has 0 atom stereocenters. The molecule has 2 heterocycles. The van der Waals surface area contributed by atoms with E-state index < -0.39 is 0 Å². The number of benzene rings is 1. The molecule has 1 fully saturated rings. The van der Waals surface area contributed by atoms with Crippen LogP contribution in [0, 0.1) is 0 Å². The number of amides is 2. The third-order valence-electron chi connectivity index (χ3n) is 4.02. The molecular formula is C17H20N4O2S. The molecule has 0 saturated carbocycles. The number of nitrogens with zero attached hydrogens (tertiary/aromatic N) is 2.